The van der Waals surface area contributed by atoms with Gasteiger partial charge in [0.15, 0.2) is 23.1 Å². The minimum atomic E-state index is -0.971. The normalized spacial score (nSPS) is 30.2. The van der Waals surface area contributed by atoms with Crippen molar-refractivity contribution in [3.8, 4) is 6.07 Å². The monoisotopic (exact) mass is 575 g/mol. The highest BCUT2D eigenvalue weighted by Crippen LogP contribution is 2.49. The molecule has 5 rings (SSSR count). The molecule has 0 aromatic carbocycles. The van der Waals surface area contributed by atoms with E-state index in [0.29, 0.717) is 11.1 Å². The van der Waals surface area contributed by atoms with Crippen LogP contribution in [0.25, 0.3) is 0 Å². The summed E-state index contributed by atoms with van der Waals surface area (Å²) in [6.45, 7) is 6.05. The molecule has 42 heavy (non-hydrogen) atoms. The summed E-state index contributed by atoms with van der Waals surface area (Å²) < 4.78 is 16.4. The molecule has 3 heterocycles. The Bertz CT molecular complexity index is 1550. The molecule has 0 aromatic heterocycles. The Morgan fingerprint density at radius 2 is 1.45 bits per heavy atom. The van der Waals surface area contributed by atoms with Crippen molar-refractivity contribution in [2.24, 2.45) is 0 Å². The van der Waals surface area contributed by atoms with Gasteiger partial charge in [-0.1, -0.05) is 6.08 Å². The largest absolute Gasteiger partial charge is 0.492 e. The SMILES string of the molecule is C/C=C(\C)C(=O)OC[C@H]1C2=C(C[C@H]3[C@@H]4C5=C(C[C@H]([C@H](C#N)N13)N4C)C(=O)C(C)=C(OC)C5=O)C(=O)C(C)=C(OC)C2=O. The zero-order chi connectivity index (χ0) is 30.8. The Kier molecular flexibility index (Phi) is 7.41. The van der Waals surface area contributed by atoms with Crippen LogP contribution in [0.4, 0.5) is 0 Å². The predicted molar refractivity (Wildman–Crippen MR) is 147 cm³/mol. The summed E-state index contributed by atoms with van der Waals surface area (Å²) in [4.78, 5) is 71.3. The third-order valence-corrected chi connectivity index (χ3v) is 9.34. The molecule has 2 aliphatic carbocycles. The molecule has 0 aromatic rings. The molecule has 11 nitrogen and oxygen atoms in total. The van der Waals surface area contributed by atoms with Crippen molar-refractivity contribution in [2.45, 2.75) is 70.7 Å². The van der Waals surface area contributed by atoms with Crippen LogP contribution in [0.5, 0.6) is 0 Å². The van der Waals surface area contributed by atoms with E-state index in [-0.39, 0.29) is 70.4 Å². The Balaban J connectivity index is 1.71. The van der Waals surface area contributed by atoms with E-state index in [1.807, 2.05) is 9.80 Å². The van der Waals surface area contributed by atoms with Crippen molar-refractivity contribution < 1.29 is 38.2 Å². The highest BCUT2D eigenvalue weighted by Gasteiger charge is 2.60. The maximum absolute atomic E-state index is 13.8. The summed E-state index contributed by atoms with van der Waals surface area (Å²) in [6, 6.07) is -1.35. The molecule has 0 radical (unpaired) electrons. The smallest absolute Gasteiger partial charge is 0.333 e. The van der Waals surface area contributed by atoms with Crippen molar-refractivity contribution in [3.63, 3.8) is 0 Å². The first-order valence-electron chi connectivity index (χ1n) is 13.8. The minimum Gasteiger partial charge on any atom is -0.492 e. The summed E-state index contributed by atoms with van der Waals surface area (Å²) in [6.07, 6.45) is 1.77. The third-order valence-electron chi connectivity index (χ3n) is 9.34. The number of fused-ring (bicyclic) bond motifs is 5. The lowest BCUT2D eigenvalue weighted by Gasteiger charge is -2.60. The Labute approximate surface area is 243 Å². The minimum absolute atomic E-state index is 0.0324. The van der Waals surface area contributed by atoms with Gasteiger partial charge in [0.05, 0.1) is 32.4 Å². The van der Waals surface area contributed by atoms with Crippen LogP contribution >= 0.6 is 0 Å². The zero-order valence-corrected chi connectivity index (χ0v) is 24.7. The van der Waals surface area contributed by atoms with Gasteiger partial charge in [-0.15, -0.1) is 0 Å². The fourth-order valence-electron chi connectivity index (χ4n) is 7.16. The van der Waals surface area contributed by atoms with Crippen molar-refractivity contribution in [3.05, 3.63) is 56.6 Å². The van der Waals surface area contributed by atoms with E-state index in [4.69, 9.17) is 14.2 Å². The van der Waals surface area contributed by atoms with Crippen LogP contribution in [0.15, 0.2) is 56.6 Å². The number of Topliss-reactive ketones (excluding diaryl/α,β-unsaturated/α-hetero) is 4. The molecule has 1 fully saturated rings. The number of hydrogen-bond donors (Lipinski definition) is 0. The number of nitrogens with zero attached hydrogens (tertiary/aromatic N) is 3. The number of carbonyl (C=O) groups is 5. The first kappa shape index (κ1) is 29.4. The van der Waals surface area contributed by atoms with Gasteiger partial charge in [0.2, 0.25) is 11.6 Å². The van der Waals surface area contributed by atoms with Gasteiger partial charge in [-0.25, -0.2) is 4.79 Å². The van der Waals surface area contributed by atoms with E-state index in [1.54, 1.807) is 33.9 Å². The highest BCUT2D eigenvalue weighted by molar-refractivity contribution is 6.26. The van der Waals surface area contributed by atoms with Crippen LogP contribution in [-0.4, -0.2) is 97.0 Å². The topological polar surface area (TPSA) is 143 Å². The lowest BCUT2D eigenvalue weighted by Crippen LogP contribution is -2.74. The van der Waals surface area contributed by atoms with Crippen molar-refractivity contribution in [2.75, 3.05) is 27.9 Å². The number of likely N-dealkylation sites (N-methyl/N-ethyl adjacent to an activating group) is 1. The number of esters is 1. The number of nitriles is 1. The Hall–Kier alpha value is -4.14. The molecule has 11 heteroatoms. The van der Waals surface area contributed by atoms with Gasteiger partial charge < -0.3 is 14.2 Å². The van der Waals surface area contributed by atoms with Crippen LogP contribution < -0.4 is 0 Å². The molecule has 0 N–H and O–H groups in total. The number of ether oxygens (including phenoxy) is 3. The van der Waals surface area contributed by atoms with Gasteiger partial charge in [-0.2, -0.15) is 5.26 Å². The molecular weight excluding hydrogens is 542 g/mol. The zero-order valence-electron chi connectivity index (χ0n) is 24.7. The van der Waals surface area contributed by atoms with E-state index in [2.05, 4.69) is 6.07 Å². The fraction of sp³-hybridized carbons (Fsp3) is 0.484. The second kappa shape index (κ2) is 10.6. The molecule has 5 atom stereocenters. The highest BCUT2D eigenvalue weighted by atomic mass is 16.5. The van der Waals surface area contributed by atoms with Crippen LogP contribution in [0, 0.1) is 11.3 Å². The second-order valence-electron chi connectivity index (χ2n) is 11.2. The number of carbonyl (C=O) groups excluding carboxylic acids is 5. The maximum atomic E-state index is 13.8. The molecular formula is C31H33N3O8. The molecule has 0 amide bonds. The second-order valence-corrected chi connectivity index (χ2v) is 11.2. The summed E-state index contributed by atoms with van der Waals surface area (Å²) in [5.74, 6) is -2.32. The average molecular weight is 576 g/mol. The average Bonchev–Trinajstić information content (AvgIpc) is 2.97. The van der Waals surface area contributed by atoms with Crippen LogP contribution in [0.1, 0.15) is 40.5 Å². The molecule has 0 spiro atoms. The number of allylic oxidation sites excluding steroid dienone is 5. The predicted octanol–water partition coefficient (Wildman–Crippen LogP) is 1.65. The summed E-state index contributed by atoms with van der Waals surface area (Å²) in [5.41, 5.74) is 1.71. The number of rotatable bonds is 5. The standard InChI is InChI=1S/C31H33N3O8/c1-8-13(2)31(39)42-12-21-22-16(25(35)14(3)29(40-6)27(22)37)10-19-24-23-17(26(36)15(4)30(41-7)28(23)38)9-18(33(24)5)20(11-32)34(19)21/h8,18-21,24H,9-10,12H2,1-7H3/b13-8+/t18-,19+,20+,21+,24-/m1/s1. The van der Waals surface area contributed by atoms with E-state index in [9.17, 15) is 29.2 Å². The van der Waals surface area contributed by atoms with Crippen LogP contribution in [-0.2, 0) is 38.2 Å². The van der Waals surface area contributed by atoms with Gasteiger partial charge in [0.1, 0.15) is 12.6 Å². The van der Waals surface area contributed by atoms with Crippen LogP contribution in [0.2, 0.25) is 0 Å². The number of methoxy groups -OCH3 is 2. The Morgan fingerprint density at radius 1 is 0.929 bits per heavy atom. The van der Waals surface area contributed by atoms with E-state index in [1.165, 1.54) is 21.1 Å². The maximum Gasteiger partial charge on any atom is 0.333 e. The first-order valence-corrected chi connectivity index (χ1v) is 13.8. The molecule has 0 unspecified atom stereocenters. The van der Waals surface area contributed by atoms with Gasteiger partial charge in [0.25, 0.3) is 0 Å². The molecule has 1 saturated heterocycles. The lowest BCUT2D eigenvalue weighted by molar-refractivity contribution is -0.143. The molecule has 5 aliphatic rings. The van der Waals surface area contributed by atoms with Crippen molar-refractivity contribution >= 4 is 29.1 Å². The molecule has 0 saturated carbocycles. The fourth-order valence-corrected chi connectivity index (χ4v) is 7.16. The van der Waals surface area contributed by atoms with Gasteiger partial charge in [0, 0.05) is 51.1 Å². The quantitative estimate of drug-likeness (QED) is 0.268. The van der Waals surface area contributed by atoms with Gasteiger partial charge in [-0.05, 0) is 47.6 Å². The van der Waals surface area contributed by atoms with Gasteiger partial charge in [-0.3, -0.25) is 29.0 Å². The molecule has 2 bridgehead atoms. The van der Waals surface area contributed by atoms with E-state index < -0.39 is 47.7 Å². The van der Waals surface area contributed by atoms with Crippen molar-refractivity contribution in [1.29, 1.82) is 5.26 Å². The van der Waals surface area contributed by atoms with Crippen molar-refractivity contribution in [1.82, 2.24) is 9.80 Å². The van der Waals surface area contributed by atoms with Gasteiger partial charge >= 0.3 is 5.97 Å². The number of piperazine rings is 1. The summed E-state index contributed by atoms with van der Waals surface area (Å²) >= 11 is 0. The lowest BCUT2D eigenvalue weighted by atomic mass is 9.67. The first-order chi connectivity index (χ1) is 19.9. The molecule has 3 aliphatic heterocycles. The van der Waals surface area contributed by atoms with E-state index in [0.717, 1.165) is 0 Å². The number of ketones is 4. The number of hydrogen-bond acceptors (Lipinski definition) is 11. The van der Waals surface area contributed by atoms with E-state index >= 15 is 0 Å². The summed E-state index contributed by atoms with van der Waals surface area (Å²) in [5, 5.41) is 10.5. The Morgan fingerprint density at radius 3 is 1.98 bits per heavy atom. The third kappa shape index (κ3) is 3.96. The molecule has 220 valence electrons. The summed E-state index contributed by atoms with van der Waals surface area (Å²) in [7, 11) is 4.45. The van der Waals surface area contributed by atoms with Crippen LogP contribution in [0.3, 0.4) is 0 Å².